The van der Waals surface area contributed by atoms with Crippen molar-refractivity contribution in [3.05, 3.63) is 69.7 Å². The Morgan fingerprint density at radius 1 is 1.03 bits per heavy atom. The average molecular weight is 439 g/mol. The summed E-state index contributed by atoms with van der Waals surface area (Å²) in [6.07, 6.45) is 0. The first-order valence-electron chi connectivity index (χ1n) is 9.92. The van der Waals surface area contributed by atoms with Crippen LogP contribution in [0.5, 0.6) is 5.75 Å². The van der Waals surface area contributed by atoms with Crippen molar-refractivity contribution in [1.82, 2.24) is 4.98 Å². The van der Waals surface area contributed by atoms with Gasteiger partial charge in [-0.2, -0.15) is 0 Å². The van der Waals surface area contributed by atoms with Gasteiger partial charge in [-0.3, -0.25) is 9.69 Å². The van der Waals surface area contributed by atoms with E-state index in [1.807, 2.05) is 58.0 Å². The number of hydrogen-bond donors (Lipinski definition) is 0. The maximum absolute atomic E-state index is 12.4. The number of carbonyl (C=O) groups excluding carboxylic acids is 2. The number of aromatic nitrogens is 1. The molecule has 0 unspecified atom stereocenters. The van der Waals surface area contributed by atoms with E-state index in [2.05, 4.69) is 4.98 Å². The number of esters is 1. The van der Waals surface area contributed by atoms with Crippen LogP contribution in [0.1, 0.15) is 34.9 Å². The third-order valence-corrected chi connectivity index (χ3v) is 5.51. The largest absolute Gasteiger partial charge is 0.482 e. The molecule has 1 amide bonds. The van der Waals surface area contributed by atoms with Crippen LogP contribution in [0.2, 0.25) is 0 Å². The highest BCUT2D eigenvalue weighted by Gasteiger charge is 2.22. The van der Waals surface area contributed by atoms with Crippen LogP contribution in [0, 0.1) is 27.7 Å². The maximum atomic E-state index is 12.4. The van der Waals surface area contributed by atoms with Gasteiger partial charge in [-0.1, -0.05) is 29.8 Å². The SMILES string of the molecule is CC(=O)N(c1nc(COC(=O)COc2cccc(C)c2)cs1)c1c(C)cc(C)cc1C. The van der Waals surface area contributed by atoms with Crippen LogP contribution in [-0.4, -0.2) is 23.5 Å². The molecule has 0 aliphatic carbocycles. The van der Waals surface area contributed by atoms with E-state index in [9.17, 15) is 9.59 Å². The van der Waals surface area contributed by atoms with Crippen molar-refractivity contribution < 1.29 is 19.1 Å². The number of ether oxygens (including phenoxy) is 2. The van der Waals surface area contributed by atoms with E-state index in [4.69, 9.17) is 9.47 Å². The quantitative estimate of drug-likeness (QED) is 0.475. The lowest BCUT2D eigenvalue weighted by molar-refractivity contribution is -0.147. The van der Waals surface area contributed by atoms with Crippen molar-refractivity contribution in [2.75, 3.05) is 11.5 Å². The fourth-order valence-corrected chi connectivity index (χ4v) is 4.28. The molecule has 0 atom stereocenters. The Labute approximate surface area is 186 Å². The lowest BCUT2D eigenvalue weighted by atomic mass is 10.0. The molecular weight excluding hydrogens is 412 g/mol. The average Bonchev–Trinajstić information content (AvgIpc) is 3.15. The second-order valence-electron chi connectivity index (χ2n) is 7.49. The van der Waals surface area contributed by atoms with Crippen molar-refractivity contribution in [1.29, 1.82) is 0 Å². The summed E-state index contributed by atoms with van der Waals surface area (Å²) in [4.78, 5) is 30.6. The Bertz CT molecular complexity index is 1080. The van der Waals surface area contributed by atoms with Gasteiger partial charge in [0.1, 0.15) is 12.4 Å². The molecule has 31 heavy (non-hydrogen) atoms. The summed E-state index contributed by atoms with van der Waals surface area (Å²) in [6.45, 7) is 9.30. The molecule has 2 aromatic carbocycles. The molecule has 6 nitrogen and oxygen atoms in total. The molecule has 1 aromatic heterocycles. The summed E-state index contributed by atoms with van der Waals surface area (Å²) < 4.78 is 10.7. The molecule has 0 N–H and O–H groups in total. The maximum Gasteiger partial charge on any atom is 0.344 e. The van der Waals surface area contributed by atoms with Crippen LogP contribution in [0.4, 0.5) is 10.8 Å². The molecule has 3 aromatic rings. The van der Waals surface area contributed by atoms with Crippen LogP contribution >= 0.6 is 11.3 Å². The Morgan fingerprint density at radius 2 is 1.74 bits per heavy atom. The number of carbonyl (C=O) groups is 2. The Balaban J connectivity index is 1.66. The Morgan fingerprint density at radius 3 is 2.39 bits per heavy atom. The van der Waals surface area contributed by atoms with Crippen molar-refractivity contribution in [3.63, 3.8) is 0 Å². The number of thiazole rings is 1. The number of benzene rings is 2. The van der Waals surface area contributed by atoms with Gasteiger partial charge in [-0.25, -0.2) is 9.78 Å². The molecule has 0 saturated heterocycles. The fraction of sp³-hybridized carbons (Fsp3) is 0.292. The summed E-state index contributed by atoms with van der Waals surface area (Å²) in [5.41, 5.74) is 5.62. The summed E-state index contributed by atoms with van der Waals surface area (Å²) >= 11 is 1.34. The normalized spacial score (nSPS) is 10.6. The van der Waals surface area contributed by atoms with Crippen molar-refractivity contribution >= 4 is 34.0 Å². The first kappa shape index (κ1) is 22.5. The Kier molecular flexibility index (Phi) is 7.07. The summed E-state index contributed by atoms with van der Waals surface area (Å²) in [5, 5.41) is 2.34. The third-order valence-electron chi connectivity index (χ3n) is 4.63. The van der Waals surface area contributed by atoms with Crippen LogP contribution < -0.4 is 9.64 Å². The summed E-state index contributed by atoms with van der Waals surface area (Å²) in [6, 6.07) is 11.6. The fourth-order valence-electron chi connectivity index (χ4n) is 3.42. The predicted octanol–water partition coefficient (Wildman–Crippen LogP) is 5.18. The van der Waals surface area contributed by atoms with Crippen LogP contribution in [0.3, 0.4) is 0 Å². The molecule has 162 valence electrons. The molecule has 0 saturated carbocycles. The zero-order chi connectivity index (χ0) is 22.5. The molecule has 0 fully saturated rings. The molecule has 0 aliphatic rings. The number of rotatable bonds is 7. The van der Waals surface area contributed by atoms with E-state index in [1.54, 1.807) is 16.3 Å². The van der Waals surface area contributed by atoms with Crippen LogP contribution in [-0.2, 0) is 20.9 Å². The van der Waals surface area contributed by atoms with Gasteiger partial charge in [0.25, 0.3) is 0 Å². The van der Waals surface area contributed by atoms with Gasteiger partial charge >= 0.3 is 5.97 Å². The minimum atomic E-state index is -0.482. The van der Waals surface area contributed by atoms with Gasteiger partial charge in [0, 0.05) is 12.3 Å². The van der Waals surface area contributed by atoms with Gasteiger partial charge in [0.2, 0.25) is 5.91 Å². The van der Waals surface area contributed by atoms with Crippen LogP contribution in [0.25, 0.3) is 0 Å². The Hall–Kier alpha value is -3.19. The molecular formula is C24H26N2O4S. The van der Waals surface area contributed by atoms with Gasteiger partial charge in [-0.05, 0) is 56.5 Å². The standard InChI is InChI=1S/C24H26N2O4S/c1-15-7-6-8-21(11-15)29-13-22(28)30-12-20-14-31-24(25-20)26(19(5)27)23-17(3)9-16(2)10-18(23)4/h6-11,14H,12-13H2,1-5H3. The smallest absolute Gasteiger partial charge is 0.344 e. The van der Waals surface area contributed by atoms with Crippen LogP contribution in [0.15, 0.2) is 41.8 Å². The monoisotopic (exact) mass is 438 g/mol. The highest BCUT2D eigenvalue weighted by Crippen LogP contribution is 2.34. The van der Waals surface area contributed by atoms with Gasteiger partial charge in [0.05, 0.1) is 11.4 Å². The lowest BCUT2D eigenvalue weighted by Gasteiger charge is -2.23. The molecule has 0 aliphatic heterocycles. The number of hydrogen-bond acceptors (Lipinski definition) is 6. The molecule has 3 rings (SSSR count). The number of amides is 1. The minimum Gasteiger partial charge on any atom is -0.482 e. The predicted molar refractivity (Wildman–Crippen MR) is 122 cm³/mol. The number of anilines is 2. The zero-order valence-corrected chi connectivity index (χ0v) is 19.2. The topological polar surface area (TPSA) is 68.7 Å². The van der Waals surface area contributed by atoms with Gasteiger partial charge in [0.15, 0.2) is 11.7 Å². The van der Waals surface area contributed by atoms with E-state index >= 15 is 0 Å². The van der Waals surface area contributed by atoms with Crippen molar-refractivity contribution in [2.45, 2.75) is 41.2 Å². The first-order chi connectivity index (χ1) is 14.7. The van der Waals surface area contributed by atoms with Crippen molar-refractivity contribution in [3.8, 4) is 5.75 Å². The molecule has 0 spiro atoms. The van der Waals surface area contributed by atoms with Crippen molar-refractivity contribution in [2.24, 2.45) is 0 Å². The zero-order valence-electron chi connectivity index (χ0n) is 18.4. The second-order valence-corrected chi connectivity index (χ2v) is 8.33. The molecule has 0 radical (unpaired) electrons. The second kappa shape index (κ2) is 9.75. The van der Waals surface area contributed by atoms with Gasteiger partial charge < -0.3 is 9.47 Å². The highest BCUT2D eigenvalue weighted by molar-refractivity contribution is 7.14. The molecule has 7 heteroatoms. The van der Waals surface area contributed by atoms with E-state index in [0.717, 1.165) is 27.9 Å². The number of nitrogens with zero attached hydrogens (tertiary/aromatic N) is 2. The minimum absolute atomic E-state index is 0.0180. The summed E-state index contributed by atoms with van der Waals surface area (Å²) in [7, 11) is 0. The highest BCUT2D eigenvalue weighted by atomic mass is 32.1. The first-order valence-corrected chi connectivity index (χ1v) is 10.8. The summed E-state index contributed by atoms with van der Waals surface area (Å²) in [5.74, 6) is 0.0121. The number of aryl methyl sites for hydroxylation is 4. The van der Waals surface area contributed by atoms with E-state index in [1.165, 1.54) is 18.3 Å². The third kappa shape index (κ3) is 5.70. The lowest BCUT2D eigenvalue weighted by Crippen LogP contribution is -2.24. The van der Waals surface area contributed by atoms with E-state index in [0.29, 0.717) is 16.6 Å². The van der Waals surface area contributed by atoms with E-state index in [-0.39, 0.29) is 19.1 Å². The molecule has 1 heterocycles. The molecule has 0 bridgehead atoms. The van der Waals surface area contributed by atoms with Gasteiger partial charge in [-0.15, -0.1) is 11.3 Å². The van der Waals surface area contributed by atoms with E-state index < -0.39 is 5.97 Å².